The van der Waals surface area contributed by atoms with Crippen LogP contribution < -0.4 is 5.73 Å². The minimum Gasteiger partial charge on any atom is -0.396 e. The van der Waals surface area contributed by atoms with E-state index >= 15 is 0 Å². The van der Waals surface area contributed by atoms with Gasteiger partial charge in [-0.15, -0.1) is 0 Å². The van der Waals surface area contributed by atoms with Gasteiger partial charge in [0.05, 0.1) is 0 Å². The number of aliphatic hydroxyl groups excluding tert-OH is 1. The largest absolute Gasteiger partial charge is 0.396 e. The molecule has 50 valence electrons. The summed E-state index contributed by atoms with van der Waals surface area (Å²) in [6.07, 6.45) is 0.720. The van der Waals surface area contributed by atoms with E-state index in [-0.39, 0.29) is 12.6 Å². The van der Waals surface area contributed by atoms with Gasteiger partial charge in [0.1, 0.15) is 0 Å². The second-order valence-electron chi connectivity index (χ2n) is 2.42. The van der Waals surface area contributed by atoms with Gasteiger partial charge >= 0.3 is 0 Å². The van der Waals surface area contributed by atoms with Crippen molar-refractivity contribution in [2.45, 2.75) is 26.3 Å². The lowest BCUT2D eigenvalue weighted by molar-refractivity contribution is 0.262. The summed E-state index contributed by atoms with van der Waals surface area (Å²) in [6.45, 7) is 4.32. The quantitative estimate of drug-likeness (QED) is 0.560. The zero-order chi connectivity index (χ0) is 6.57. The van der Waals surface area contributed by atoms with Crippen LogP contribution in [0.15, 0.2) is 0 Å². The van der Waals surface area contributed by atoms with E-state index in [1.165, 1.54) is 0 Å². The topological polar surface area (TPSA) is 46.2 Å². The van der Waals surface area contributed by atoms with Crippen LogP contribution >= 0.6 is 0 Å². The molecule has 0 unspecified atom stereocenters. The Hall–Kier alpha value is -0.0800. The van der Waals surface area contributed by atoms with Crippen LogP contribution in [0.5, 0.6) is 0 Å². The lowest BCUT2D eigenvalue weighted by Crippen LogP contribution is -2.27. The molecule has 0 amide bonds. The Morgan fingerprint density at radius 1 is 1.50 bits per heavy atom. The van der Waals surface area contributed by atoms with E-state index in [4.69, 9.17) is 10.8 Å². The molecule has 0 aromatic heterocycles. The first-order chi connectivity index (χ1) is 3.68. The van der Waals surface area contributed by atoms with Crippen molar-refractivity contribution in [3.8, 4) is 0 Å². The minimum atomic E-state index is 0.167. The lowest BCUT2D eigenvalue weighted by atomic mass is 10.0. The molecular formula is C6H15NO. The van der Waals surface area contributed by atoms with Crippen molar-refractivity contribution in [1.29, 1.82) is 0 Å². The van der Waals surface area contributed by atoms with E-state index in [0.29, 0.717) is 5.92 Å². The van der Waals surface area contributed by atoms with Crippen LogP contribution in [0, 0.1) is 5.92 Å². The molecular weight excluding hydrogens is 102 g/mol. The summed E-state index contributed by atoms with van der Waals surface area (Å²) < 4.78 is 0. The van der Waals surface area contributed by atoms with Crippen molar-refractivity contribution in [3.05, 3.63) is 0 Å². The molecule has 0 aliphatic carbocycles. The first-order valence-electron chi connectivity index (χ1n) is 3.05. The summed E-state index contributed by atoms with van der Waals surface area (Å²) in [5, 5.41) is 8.41. The van der Waals surface area contributed by atoms with E-state index in [2.05, 4.69) is 13.8 Å². The Morgan fingerprint density at radius 3 is 2.12 bits per heavy atom. The summed E-state index contributed by atoms with van der Waals surface area (Å²) in [6, 6.07) is 0.167. The lowest BCUT2D eigenvalue weighted by Gasteiger charge is -2.12. The predicted molar refractivity (Wildman–Crippen MR) is 34.5 cm³/mol. The van der Waals surface area contributed by atoms with Gasteiger partial charge in [-0.3, -0.25) is 0 Å². The molecule has 0 radical (unpaired) electrons. The SMILES string of the molecule is CC(C)[C@@H](N)CCO. The average Bonchev–Trinajstić information content (AvgIpc) is 1.67. The van der Waals surface area contributed by atoms with Crippen LogP contribution in [0.25, 0.3) is 0 Å². The van der Waals surface area contributed by atoms with Gasteiger partial charge in [-0.05, 0) is 12.3 Å². The zero-order valence-electron chi connectivity index (χ0n) is 5.59. The molecule has 0 fully saturated rings. The smallest absolute Gasteiger partial charge is 0.0445 e. The monoisotopic (exact) mass is 117 g/mol. The summed E-state index contributed by atoms with van der Waals surface area (Å²) in [5.41, 5.74) is 5.57. The van der Waals surface area contributed by atoms with Crippen molar-refractivity contribution in [3.63, 3.8) is 0 Å². The molecule has 0 aromatic carbocycles. The molecule has 0 bridgehead atoms. The molecule has 0 aliphatic heterocycles. The number of aliphatic hydroxyl groups is 1. The number of nitrogens with two attached hydrogens (primary N) is 1. The highest BCUT2D eigenvalue weighted by atomic mass is 16.3. The van der Waals surface area contributed by atoms with Gasteiger partial charge in [-0.2, -0.15) is 0 Å². The molecule has 0 saturated heterocycles. The third-order valence-electron chi connectivity index (χ3n) is 1.32. The van der Waals surface area contributed by atoms with Crippen LogP contribution in [-0.4, -0.2) is 17.8 Å². The van der Waals surface area contributed by atoms with Crippen LogP contribution in [0.1, 0.15) is 20.3 Å². The van der Waals surface area contributed by atoms with E-state index in [1.54, 1.807) is 0 Å². The fourth-order valence-corrected chi connectivity index (χ4v) is 0.482. The Labute approximate surface area is 50.7 Å². The Morgan fingerprint density at radius 2 is 2.00 bits per heavy atom. The first kappa shape index (κ1) is 7.92. The standard InChI is InChI=1S/C6H15NO/c1-5(2)6(7)3-4-8/h5-6,8H,3-4,7H2,1-2H3/t6-/m0/s1. The van der Waals surface area contributed by atoms with Crippen molar-refractivity contribution in [1.82, 2.24) is 0 Å². The van der Waals surface area contributed by atoms with E-state index in [1.807, 2.05) is 0 Å². The fraction of sp³-hybridized carbons (Fsp3) is 1.00. The highest BCUT2D eigenvalue weighted by Gasteiger charge is 2.04. The van der Waals surface area contributed by atoms with E-state index in [9.17, 15) is 0 Å². The van der Waals surface area contributed by atoms with Crippen molar-refractivity contribution in [2.24, 2.45) is 11.7 Å². The number of hydrogen-bond donors (Lipinski definition) is 2. The van der Waals surface area contributed by atoms with Gasteiger partial charge in [0.25, 0.3) is 0 Å². The van der Waals surface area contributed by atoms with Crippen molar-refractivity contribution >= 4 is 0 Å². The molecule has 0 saturated carbocycles. The fourth-order valence-electron chi connectivity index (χ4n) is 0.482. The highest BCUT2D eigenvalue weighted by Crippen LogP contribution is 2.00. The summed E-state index contributed by atoms with van der Waals surface area (Å²) in [4.78, 5) is 0. The number of hydrogen-bond acceptors (Lipinski definition) is 2. The maximum Gasteiger partial charge on any atom is 0.0445 e. The molecule has 1 atom stereocenters. The van der Waals surface area contributed by atoms with Crippen LogP contribution in [-0.2, 0) is 0 Å². The molecule has 3 N–H and O–H groups in total. The minimum absolute atomic E-state index is 0.167. The van der Waals surface area contributed by atoms with Crippen LogP contribution in [0.3, 0.4) is 0 Å². The Bertz CT molecular complexity index is 54.5. The molecule has 0 aliphatic rings. The highest BCUT2D eigenvalue weighted by molar-refractivity contribution is 4.63. The van der Waals surface area contributed by atoms with Gasteiger partial charge in [0.2, 0.25) is 0 Å². The zero-order valence-corrected chi connectivity index (χ0v) is 5.59. The van der Waals surface area contributed by atoms with Gasteiger partial charge in [0, 0.05) is 12.6 Å². The first-order valence-corrected chi connectivity index (χ1v) is 3.05. The molecule has 0 rings (SSSR count). The van der Waals surface area contributed by atoms with Gasteiger partial charge < -0.3 is 10.8 Å². The summed E-state index contributed by atoms with van der Waals surface area (Å²) >= 11 is 0. The maximum absolute atomic E-state index is 8.41. The molecule has 0 heterocycles. The van der Waals surface area contributed by atoms with Gasteiger partial charge in [-0.25, -0.2) is 0 Å². The third kappa shape index (κ3) is 2.99. The van der Waals surface area contributed by atoms with Gasteiger partial charge in [0.15, 0.2) is 0 Å². The summed E-state index contributed by atoms with van der Waals surface area (Å²) in [7, 11) is 0. The Balaban J connectivity index is 3.17. The molecule has 2 heteroatoms. The van der Waals surface area contributed by atoms with Crippen molar-refractivity contribution < 1.29 is 5.11 Å². The normalized spacial score (nSPS) is 14.6. The molecule has 8 heavy (non-hydrogen) atoms. The van der Waals surface area contributed by atoms with Crippen LogP contribution in [0.2, 0.25) is 0 Å². The van der Waals surface area contributed by atoms with Gasteiger partial charge in [-0.1, -0.05) is 13.8 Å². The van der Waals surface area contributed by atoms with E-state index in [0.717, 1.165) is 6.42 Å². The number of rotatable bonds is 3. The molecule has 2 nitrogen and oxygen atoms in total. The van der Waals surface area contributed by atoms with E-state index < -0.39 is 0 Å². The Kier molecular flexibility index (Phi) is 3.83. The van der Waals surface area contributed by atoms with Crippen LogP contribution in [0.4, 0.5) is 0 Å². The second kappa shape index (κ2) is 3.87. The molecule has 0 spiro atoms. The maximum atomic E-state index is 8.41. The molecule has 0 aromatic rings. The average molecular weight is 117 g/mol. The second-order valence-corrected chi connectivity index (χ2v) is 2.42. The predicted octanol–water partition coefficient (Wildman–Crippen LogP) is 0.352. The third-order valence-corrected chi connectivity index (χ3v) is 1.32. The van der Waals surface area contributed by atoms with Crippen molar-refractivity contribution in [2.75, 3.05) is 6.61 Å². The summed E-state index contributed by atoms with van der Waals surface area (Å²) in [5.74, 6) is 0.488.